The molecule has 1 fully saturated rings. The zero-order chi connectivity index (χ0) is 14.0. The molecular formula is C15H23NO3. The summed E-state index contributed by atoms with van der Waals surface area (Å²) in [6.07, 6.45) is 2.25. The molecule has 1 saturated heterocycles. The maximum Gasteiger partial charge on any atom is 0.219 e. The lowest BCUT2D eigenvalue weighted by Gasteiger charge is -2.32. The van der Waals surface area contributed by atoms with E-state index in [-0.39, 0.29) is 24.9 Å². The van der Waals surface area contributed by atoms with E-state index >= 15 is 0 Å². The molecule has 2 heterocycles. The summed E-state index contributed by atoms with van der Waals surface area (Å²) in [6.45, 7) is 8.00. The number of aryl methyl sites for hydroxylation is 2. The molecule has 1 aromatic heterocycles. The van der Waals surface area contributed by atoms with Crippen molar-refractivity contribution in [1.29, 1.82) is 0 Å². The van der Waals surface area contributed by atoms with Gasteiger partial charge in [-0.15, -0.1) is 0 Å². The number of aliphatic hydroxyl groups is 1. The van der Waals surface area contributed by atoms with Crippen LogP contribution in [0.5, 0.6) is 5.88 Å². The first-order valence-electron chi connectivity index (χ1n) is 6.89. The first kappa shape index (κ1) is 14.3. The average Bonchev–Trinajstić information content (AvgIpc) is 2.26. The monoisotopic (exact) mass is 265 g/mol. The van der Waals surface area contributed by atoms with E-state index in [0.717, 1.165) is 29.7 Å². The first-order chi connectivity index (χ1) is 8.99. The molecule has 2 rings (SSSR count). The Bertz CT molecular complexity index is 437. The van der Waals surface area contributed by atoms with Gasteiger partial charge in [-0.25, -0.2) is 4.98 Å². The third-order valence-corrected chi connectivity index (χ3v) is 3.53. The van der Waals surface area contributed by atoms with Gasteiger partial charge in [0, 0.05) is 24.1 Å². The summed E-state index contributed by atoms with van der Waals surface area (Å²) in [5, 5.41) is 9.48. The highest BCUT2D eigenvalue weighted by molar-refractivity contribution is 5.35. The van der Waals surface area contributed by atoms with Crippen LogP contribution in [-0.2, 0) is 11.3 Å². The molecular weight excluding hydrogens is 242 g/mol. The third kappa shape index (κ3) is 3.45. The molecule has 2 atom stereocenters. The van der Waals surface area contributed by atoms with Crippen molar-refractivity contribution in [3.63, 3.8) is 0 Å². The van der Waals surface area contributed by atoms with E-state index in [9.17, 15) is 5.11 Å². The van der Waals surface area contributed by atoms with Gasteiger partial charge in [-0.3, -0.25) is 0 Å². The molecule has 0 aliphatic carbocycles. The Morgan fingerprint density at radius 3 is 2.53 bits per heavy atom. The number of hydrogen-bond acceptors (Lipinski definition) is 4. The Hall–Kier alpha value is -1.13. The number of hydrogen-bond donors (Lipinski definition) is 1. The van der Waals surface area contributed by atoms with Crippen LogP contribution in [0.3, 0.4) is 0 Å². The highest BCUT2D eigenvalue weighted by atomic mass is 16.5. The van der Waals surface area contributed by atoms with Gasteiger partial charge in [0.2, 0.25) is 5.88 Å². The fourth-order valence-electron chi connectivity index (χ4n) is 2.72. The van der Waals surface area contributed by atoms with Crippen LogP contribution in [-0.4, -0.2) is 28.4 Å². The summed E-state index contributed by atoms with van der Waals surface area (Å²) in [5.74, 6) is 0.575. The number of aromatic nitrogens is 1. The quantitative estimate of drug-likeness (QED) is 0.912. The molecule has 0 spiro atoms. The van der Waals surface area contributed by atoms with Crippen molar-refractivity contribution < 1.29 is 14.6 Å². The fraction of sp³-hybridized carbons (Fsp3) is 0.667. The van der Waals surface area contributed by atoms with Crippen LogP contribution in [0.4, 0.5) is 0 Å². The van der Waals surface area contributed by atoms with Gasteiger partial charge in [0.1, 0.15) is 6.10 Å². The zero-order valence-electron chi connectivity index (χ0n) is 12.1. The lowest BCUT2D eigenvalue weighted by molar-refractivity contribution is -0.0733. The molecule has 106 valence electrons. The number of ether oxygens (including phenoxy) is 2. The van der Waals surface area contributed by atoms with Gasteiger partial charge in [-0.05, 0) is 39.3 Å². The van der Waals surface area contributed by atoms with E-state index in [4.69, 9.17) is 9.47 Å². The fourth-order valence-corrected chi connectivity index (χ4v) is 2.72. The van der Waals surface area contributed by atoms with Gasteiger partial charge in [0.15, 0.2) is 0 Å². The summed E-state index contributed by atoms with van der Waals surface area (Å²) in [6, 6.07) is 1.97. The lowest BCUT2D eigenvalue weighted by Crippen LogP contribution is -2.36. The molecule has 0 amide bonds. The number of pyridine rings is 1. The normalized spacial score (nSPS) is 27.3. The standard InChI is InChI=1S/C15H23NO3/c1-9-5-10(2)16-15(14(9)8-17)19-13-6-11(3)18-12(4)7-13/h5,11-13,17H,6-8H2,1-4H3. The second-order valence-electron chi connectivity index (χ2n) is 5.49. The predicted octanol–water partition coefficient (Wildman–Crippen LogP) is 2.53. The van der Waals surface area contributed by atoms with Crippen molar-refractivity contribution in [3.8, 4) is 5.88 Å². The van der Waals surface area contributed by atoms with Crippen LogP contribution in [0, 0.1) is 13.8 Å². The van der Waals surface area contributed by atoms with Crippen LogP contribution < -0.4 is 4.74 Å². The van der Waals surface area contributed by atoms with Crippen molar-refractivity contribution in [3.05, 3.63) is 22.9 Å². The molecule has 4 heteroatoms. The van der Waals surface area contributed by atoms with E-state index < -0.39 is 0 Å². The summed E-state index contributed by atoms with van der Waals surface area (Å²) in [7, 11) is 0. The number of nitrogens with zero attached hydrogens (tertiary/aromatic N) is 1. The van der Waals surface area contributed by atoms with Gasteiger partial charge in [0.25, 0.3) is 0 Å². The summed E-state index contributed by atoms with van der Waals surface area (Å²) in [5.41, 5.74) is 2.73. The highest BCUT2D eigenvalue weighted by Crippen LogP contribution is 2.27. The summed E-state index contributed by atoms with van der Waals surface area (Å²) < 4.78 is 11.7. The maximum atomic E-state index is 9.48. The van der Waals surface area contributed by atoms with E-state index in [0.29, 0.717) is 5.88 Å². The average molecular weight is 265 g/mol. The van der Waals surface area contributed by atoms with Crippen LogP contribution in [0.2, 0.25) is 0 Å². The smallest absolute Gasteiger partial charge is 0.219 e. The minimum atomic E-state index is -0.0389. The molecule has 0 radical (unpaired) electrons. The van der Waals surface area contributed by atoms with Crippen LogP contribution in [0.15, 0.2) is 6.07 Å². The molecule has 4 nitrogen and oxygen atoms in total. The molecule has 0 aromatic carbocycles. The van der Waals surface area contributed by atoms with E-state index in [1.165, 1.54) is 0 Å². The van der Waals surface area contributed by atoms with Gasteiger partial charge in [-0.2, -0.15) is 0 Å². The number of aliphatic hydroxyl groups excluding tert-OH is 1. The SMILES string of the molecule is Cc1cc(C)c(CO)c(OC2CC(C)OC(C)C2)n1. The zero-order valence-corrected chi connectivity index (χ0v) is 12.1. The lowest BCUT2D eigenvalue weighted by atomic mass is 10.0. The highest BCUT2D eigenvalue weighted by Gasteiger charge is 2.27. The molecule has 0 saturated carbocycles. The molecule has 0 bridgehead atoms. The Morgan fingerprint density at radius 1 is 1.32 bits per heavy atom. The van der Waals surface area contributed by atoms with Crippen molar-refractivity contribution in [2.24, 2.45) is 0 Å². The van der Waals surface area contributed by atoms with Crippen LogP contribution in [0.1, 0.15) is 43.5 Å². The Balaban J connectivity index is 2.18. The molecule has 1 aliphatic rings. The molecule has 1 aliphatic heterocycles. The molecule has 2 unspecified atom stereocenters. The second kappa shape index (κ2) is 5.88. The van der Waals surface area contributed by atoms with Crippen molar-refractivity contribution in [1.82, 2.24) is 4.98 Å². The second-order valence-corrected chi connectivity index (χ2v) is 5.49. The number of rotatable bonds is 3. The largest absolute Gasteiger partial charge is 0.474 e. The van der Waals surface area contributed by atoms with Gasteiger partial charge < -0.3 is 14.6 Å². The van der Waals surface area contributed by atoms with Gasteiger partial charge >= 0.3 is 0 Å². The predicted molar refractivity (Wildman–Crippen MR) is 73.3 cm³/mol. The Morgan fingerprint density at radius 2 is 1.95 bits per heavy atom. The molecule has 1 N–H and O–H groups in total. The van der Waals surface area contributed by atoms with Gasteiger partial charge in [-0.1, -0.05) is 0 Å². The van der Waals surface area contributed by atoms with Crippen molar-refractivity contribution in [2.45, 2.75) is 65.5 Å². The molecule has 19 heavy (non-hydrogen) atoms. The van der Waals surface area contributed by atoms with E-state index in [1.54, 1.807) is 0 Å². The maximum absolute atomic E-state index is 9.48. The van der Waals surface area contributed by atoms with E-state index in [1.807, 2.05) is 19.9 Å². The van der Waals surface area contributed by atoms with E-state index in [2.05, 4.69) is 18.8 Å². The van der Waals surface area contributed by atoms with Gasteiger partial charge in [0.05, 0.1) is 18.8 Å². The summed E-state index contributed by atoms with van der Waals surface area (Å²) in [4.78, 5) is 4.43. The van der Waals surface area contributed by atoms with Crippen LogP contribution in [0.25, 0.3) is 0 Å². The van der Waals surface area contributed by atoms with Crippen LogP contribution >= 0.6 is 0 Å². The Labute approximate surface area is 114 Å². The van der Waals surface area contributed by atoms with Crippen molar-refractivity contribution >= 4 is 0 Å². The summed E-state index contributed by atoms with van der Waals surface area (Å²) >= 11 is 0. The topological polar surface area (TPSA) is 51.6 Å². The minimum Gasteiger partial charge on any atom is -0.474 e. The first-order valence-corrected chi connectivity index (χ1v) is 6.89. The minimum absolute atomic E-state index is 0.0389. The Kier molecular flexibility index (Phi) is 4.42. The molecule has 1 aromatic rings. The third-order valence-electron chi connectivity index (χ3n) is 3.53. The van der Waals surface area contributed by atoms with Crippen molar-refractivity contribution in [2.75, 3.05) is 0 Å².